The Kier molecular flexibility index (Phi) is 7.03. The fourth-order valence-corrected chi connectivity index (χ4v) is 3.62. The minimum Gasteiger partial charge on any atom is -0.355 e. The van der Waals surface area contributed by atoms with Gasteiger partial charge in [0.15, 0.2) is 11.0 Å². The molecule has 5 nitrogen and oxygen atoms in total. The third kappa shape index (κ3) is 5.10. The molecular weight excluding hydrogens is 368 g/mol. The van der Waals surface area contributed by atoms with Crippen LogP contribution in [0, 0.1) is 0 Å². The van der Waals surface area contributed by atoms with Gasteiger partial charge in [0.1, 0.15) is 0 Å². The number of carbonyl (C=O) groups is 1. The molecule has 0 aliphatic carbocycles. The Morgan fingerprint density at radius 3 is 2.50 bits per heavy atom. The molecule has 1 N–H and O–H groups in total. The highest BCUT2D eigenvalue weighted by Crippen LogP contribution is 2.24. The second-order valence-corrected chi connectivity index (χ2v) is 7.42. The number of benzene rings is 2. The second kappa shape index (κ2) is 9.90. The summed E-state index contributed by atoms with van der Waals surface area (Å²) in [5.41, 5.74) is 2.21. The van der Waals surface area contributed by atoms with Gasteiger partial charge in [-0.1, -0.05) is 85.4 Å². The molecule has 0 aliphatic rings. The number of aromatic nitrogens is 3. The number of rotatable bonds is 9. The summed E-state index contributed by atoms with van der Waals surface area (Å²) in [7, 11) is 0. The van der Waals surface area contributed by atoms with Crippen molar-refractivity contribution < 1.29 is 4.79 Å². The third-order valence-corrected chi connectivity index (χ3v) is 5.33. The molecule has 0 fully saturated rings. The third-order valence-electron chi connectivity index (χ3n) is 4.37. The normalized spacial score (nSPS) is 11.8. The summed E-state index contributed by atoms with van der Waals surface area (Å²) in [6.45, 7) is 7.12. The van der Waals surface area contributed by atoms with Gasteiger partial charge in [-0.25, -0.2) is 0 Å². The molecule has 6 heteroatoms. The topological polar surface area (TPSA) is 59.8 Å². The molecule has 0 saturated carbocycles. The van der Waals surface area contributed by atoms with Gasteiger partial charge in [-0.05, 0) is 11.5 Å². The van der Waals surface area contributed by atoms with Crippen LogP contribution >= 0.6 is 11.8 Å². The fourth-order valence-electron chi connectivity index (χ4n) is 2.84. The number of hydrogen-bond donors (Lipinski definition) is 1. The number of nitrogens with one attached hydrogen (secondary N) is 1. The first-order valence-corrected chi connectivity index (χ1v) is 10.2. The summed E-state index contributed by atoms with van der Waals surface area (Å²) in [6.07, 6.45) is 1.81. The Hall–Kier alpha value is -2.86. The van der Waals surface area contributed by atoms with Gasteiger partial charge in [0, 0.05) is 18.7 Å². The lowest BCUT2D eigenvalue weighted by molar-refractivity contribution is -0.118. The molecule has 1 atom stereocenters. The highest BCUT2D eigenvalue weighted by atomic mass is 32.2. The van der Waals surface area contributed by atoms with E-state index in [1.165, 1.54) is 17.3 Å². The van der Waals surface area contributed by atoms with E-state index in [9.17, 15) is 4.79 Å². The zero-order valence-corrected chi connectivity index (χ0v) is 16.7. The molecule has 0 aliphatic heterocycles. The molecule has 0 unspecified atom stereocenters. The van der Waals surface area contributed by atoms with E-state index in [2.05, 4.69) is 41.1 Å². The summed E-state index contributed by atoms with van der Waals surface area (Å²) in [5, 5.41) is 12.3. The maximum atomic E-state index is 12.3. The van der Waals surface area contributed by atoms with E-state index in [-0.39, 0.29) is 11.8 Å². The average Bonchev–Trinajstić information content (AvgIpc) is 3.14. The van der Waals surface area contributed by atoms with Gasteiger partial charge in [0.2, 0.25) is 5.91 Å². The molecule has 0 bridgehead atoms. The van der Waals surface area contributed by atoms with Gasteiger partial charge >= 0.3 is 0 Å². The lowest BCUT2D eigenvalue weighted by Gasteiger charge is -2.13. The van der Waals surface area contributed by atoms with Crippen LogP contribution in [0.25, 0.3) is 11.4 Å². The minimum atomic E-state index is -0.0119. The van der Waals surface area contributed by atoms with E-state index in [1.807, 2.05) is 59.2 Å². The molecular formula is C22H24N4OS. The monoisotopic (exact) mass is 392 g/mol. The van der Waals surface area contributed by atoms with Crippen LogP contribution in [-0.4, -0.2) is 33.0 Å². The van der Waals surface area contributed by atoms with Gasteiger partial charge in [-0.3, -0.25) is 9.36 Å². The number of hydrogen-bond acceptors (Lipinski definition) is 4. The van der Waals surface area contributed by atoms with Crippen LogP contribution in [-0.2, 0) is 11.3 Å². The summed E-state index contributed by atoms with van der Waals surface area (Å²) >= 11 is 1.39. The van der Waals surface area contributed by atoms with Crippen molar-refractivity contribution in [2.45, 2.75) is 24.5 Å². The Bertz CT molecular complexity index is 909. The minimum absolute atomic E-state index is 0.0119. The van der Waals surface area contributed by atoms with Crippen LogP contribution in [0.3, 0.4) is 0 Å². The number of nitrogens with zero attached hydrogens (tertiary/aromatic N) is 3. The first-order chi connectivity index (χ1) is 13.7. The van der Waals surface area contributed by atoms with E-state index >= 15 is 0 Å². The molecule has 3 aromatic rings. The predicted molar refractivity (Wildman–Crippen MR) is 114 cm³/mol. The van der Waals surface area contributed by atoms with Crippen LogP contribution in [0.4, 0.5) is 0 Å². The molecule has 0 saturated heterocycles. The fraction of sp³-hybridized carbons (Fsp3) is 0.227. The Morgan fingerprint density at radius 2 is 1.82 bits per heavy atom. The van der Waals surface area contributed by atoms with Crippen LogP contribution in [0.1, 0.15) is 18.4 Å². The molecule has 28 heavy (non-hydrogen) atoms. The van der Waals surface area contributed by atoms with Crippen molar-refractivity contribution in [1.82, 2.24) is 20.1 Å². The van der Waals surface area contributed by atoms with E-state index in [4.69, 9.17) is 0 Å². The van der Waals surface area contributed by atoms with E-state index in [0.29, 0.717) is 24.0 Å². The van der Waals surface area contributed by atoms with Crippen molar-refractivity contribution in [2.75, 3.05) is 12.3 Å². The zero-order chi connectivity index (χ0) is 19.8. The average molecular weight is 393 g/mol. The van der Waals surface area contributed by atoms with Gasteiger partial charge in [0.05, 0.1) is 5.75 Å². The van der Waals surface area contributed by atoms with Gasteiger partial charge in [-0.2, -0.15) is 0 Å². The van der Waals surface area contributed by atoms with Gasteiger partial charge in [-0.15, -0.1) is 16.8 Å². The number of amides is 1. The Labute approximate surface area is 169 Å². The maximum absolute atomic E-state index is 12.3. The van der Waals surface area contributed by atoms with Crippen molar-refractivity contribution in [3.8, 4) is 11.4 Å². The number of carbonyl (C=O) groups excluding carboxylic acids is 1. The molecule has 0 radical (unpaired) electrons. The smallest absolute Gasteiger partial charge is 0.230 e. The molecule has 1 heterocycles. The van der Waals surface area contributed by atoms with Gasteiger partial charge in [0.25, 0.3) is 0 Å². The standard InChI is InChI=1S/C22H24N4OS/c1-3-14-26-21(19-12-8-5-9-13-19)24-25-22(26)28-16-20(27)23-15-17(2)18-10-6-4-7-11-18/h3-13,17H,1,14-16H2,2H3,(H,23,27)/t17-/m1/s1. The Morgan fingerprint density at radius 1 is 1.14 bits per heavy atom. The highest BCUT2D eigenvalue weighted by Gasteiger charge is 2.15. The summed E-state index contributed by atoms with van der Waals surface area (Å²) in [4.78, 5) is 12.3. The number of thioether (sulfide) groups is 1. The molecule has 3 rings (SSSR count). The predicted octanol–water partition coefficient (Wildman–Crippen LogP) is 4.14. The second-order valence-electron chi connectivity index (χ2n) is 6.48. The van der Waals surface area contributed by atoms with Crippen LogP contribution in [0.15, 0.2) is 78.5 Å². The van der Waals surface area contributed by atoms with Crippen molar-refractivity contribution in [3.05, 3.63) is 78.9 Å². The lowest BCUT2D eigenvalue weighted by Crippen LogP contribution is -2.29. The van der Waals surface area contributed by atoms with Crippen LogP contribution in [0.2, 0.25) is 0 Å². The summed E-state index contributed by atoms with van der Waals surface area (Å²) in [5.74, 6) is 1.33. The zero-order valence-electron chi connectivity index (χ0n) is 15.9. The van der Waals surface area contributed by atoms with E-state index < -0.39 is 0 Å². The summed E-state index contributed by atoms with van der Waals surface area (Å²) in [6, 6.07) is 20.1. The molecule has 0 spiro atoms. The largest absolute Gasteiger partial charge is 0.355 e. The van der Waals surface area contributed by atoms with Crippen molar-refractivity contribution in [2.24, 2.45) is 0 Å². The van der Waals surface area contributed by atoms with E-state index in [1.54, 1.807) is 0 Å². The SMILES string of the molecule is C=CCn1c(SCC(=O)NC[C@@H](C)c2ccccc2)nnc1-c1ccccc1. The number of allylic oxidation sites excluding steroid dienone is 1. The molecule has 2 aromatic carbocycles. The van der Waals surface area contributed by atoms with Crippen molar-refractivity contribution in [3.63, 3.8) is 0 Å². The van der Waals surface area contributed by atoms with Crippen LogP contribution in [0.5, 0.6) is 0 Å². The van der Waals surface area contributed by atoms with Crippen LogP contribution < -0.4 is 5.32 Å². The Balaban J connectivity index is 1.59. The van der Waals surface area contributed by atoms with Crippen molar-refractivity contribution >= 4 is 17.7 Å². The molecule has 1 aromatic heterocycles. The molecule has 144 valence electrons. The van der Waals surface area contributed by atoms with Crippen molar-refractivity contribution in [1.29, 1.82) is 0 Å². The lowest BCUT2D eigenvalue weighted by atomic mass is 10.0. The van der Waals surface area contributed by atoms with Gasteiger partial charge < -0.3 is 5.32 Å². The maximum Gasteiger partial charge on any atom is 0.230 e. The first-order valence-electron chi connectivity index (χ1n) is 9.23. The first kappa shape index (κ1) is 19.9. The summed E-state index contributed by atoms with van der Waals surface area (Å²) < 4.78 is 1.98. The highest BCUT2D eigenvalue weighted by molar-refractivity contribution is 7.99. The quantitative estimate of drug-likeness (QED) is 0.439. The molecule has 1 amide bonds. The van der Waals surface area contributed by atoms with E-state index in [0.717, 1.165) is 11.4 Å².